The van der Waals surface area contributed by atoms with Crippen LogP contribution in [0, 0.1) is 5.92 Å². The van der Waals surface area contributed by atoms with Gasteiger partial charge >= 0.3 is 0 Å². The maximum absolute atomic E-state index is 4.18. The molecule has 0 spiro atoms. The van der Waals surface area contributed by atoms with Crippen molar-refractivity contribution < 1.29 is 0 Å². The molecule has 1 aromatic rings. The molecular formula is C12H22N4. The molecule has 0 saturated heterocycles. The molecule has 4 heteroatoms. The Morgan fingerprint density at radius 3 is 2.88 bits per heavy atom. The topological polar surface area (TPSA) is 42.7 Å². The summed E-state index contributed by atoms with van der Waals surface area (Å²) < 4.78 is 2.06. The van der Waals surface area contributed by atoms with E-state index < -0.39 is 0 Å². The second kappa shape index (κ2) is 5.43. The Bertz CT molecular complexity index is 317. The quantitative estimate of drug-likeness (QED) is 0.802. The van der Waals surface area contributed by atoms with E-state index in [1.165, 1.54) is 25.0 Å². The Morgan fingerprint density at radius 2 is 2.31 bits per heavy atom. The van der Waals surface area contributed by atoms with Gasteiger partial charge in [-0.1, -0.05) is 25.5 Å². The zero-order valence-electron chi connectivity index (χ0n) is 10.3. The number of nitrogens with one attached hydrogen (secondary N) is 1. The summed E-state index contributed by atoms with van der Waals surface area (Å²) in [4.78, 5) is 0. The standard InChI is InChI=1S/C12H22N4/c1-3-8-16-11(9-14-15-16)12(13-4-2)10-6-5-7-10/h9-10,12-13H,3-8H2,1-2H3. The molecule has 4 nitrogen and oxygen atoms in total. The van der Waals surface area contributed by atoms with Crippen LogP contribution in [0.2, 0.25) is 0 Å². The van der Waals surface area contributed by atoms with Crippen molar-refractivity contribution in [2.24, 2.45) is 5.92 Å². The number of hydrogen-bond donors (Lipinski definition) is 1. The summed E-state index contributed by atoms with van der Waals surface area (Å²) in [6, 6.07) is 0.459. The van der Waals surface area contributed by atoms with Crippen LogP contribution >= 0.6 is 0 Å². The van der Waals surface area contributed by atoms with Crippen molar-refractivity contribution in [1.29, 1.82) is 0 Å². The highest BCUT2D eigenvalue weighted by molar-refractivity contribution is 5.06. The zero-order valence-corrected chi connectivity index (χ0v) is 10.3. The summed E-state index contributed by atoms with van der Waals surface area (Å²) in [6.45, 7) is 6.33. The molecule has 0 aliphatic heterocycles. The lowest BCUT2D eigenvalue weighted by molar-refractivity contribution is 0.223. The van der Waals surface area contributed by atoms with Crippen LogP contribution in [0.1, 0.15) is 51.3 Å². The molecule has 0 amide bonds. The lowest BCUT2D eigenvalue weighted by atomic mass is 9.78. The number of nitrogens with zero attached hydrogens (tertiary/aromatic N) is 3. The molecule has 1 N–H and O–H groups in total. The summed E-state index contributed by atoms with van der Waals surface area (Å²) in [5, 5.41) is 11.8. The van der Waals surface area contributed by atoms with Gasteiger partial charge in [-0.2, -0.15) is 0 Å². The highest BCUT2D eigenvalue weighted by Gasteiger charge is 2.30. The van der Waals surface area contributed by atoms with Gasteiger partial charge in [-0.15, -0.1) is 5.10 Å². The molecule has 90 valence electrons. The van der Waals surface area contributed by atoms with E-state index >= 15 is 0 Å². The fourth-order valence-electron chi connectivity index (χ4n) is 2.40. The van der Waals surface area contributed by atoms with Gasteiger partial charge in [-0.25, -0.2) is 4.68 Å². The van der Waals surface area contributed by atoms with E-state index in [9.17, 15) is 0 Å². The molecule has 16 heavy (non-hydrogen) atoms. The molecule has 1 saturated carbocycles. The van der Waals surface area contributed by atoms with Gasteiger partial charge in [0.2, 0.25) is 0 Å². The van der Waals surface area contributed by atoms with E-state index in [0.29, 0.717) is 6.04 Å². The van der Waals surface area contributed by atoms with Crippen LogP contribution in [0.25, 0.3) is 0 Å². The highest BCUT2D eigenvalue weighted by atomic mass is 15.4. The van der Waals surface area contributed by atoms with E-state index in [0.717, 1.165) is 25.4 Å². The average molecular weight is 222 g/mol. The van der Waals surface area contributed by atoms with Crippen molar-refractivity contribution in [3.05, 3.63) is 11.9 Å². The first kappa shape index (κ1) is 11.6. The van der Waals surface area contributed by atoms with Crippen molar-refractivity contribution in [3.8, 4) is 0 Å². The minimum Gasteiger partial charge on any atom is -0.309 e. The van der Waals surface area contributed by atoms with Gasteiger partial charge in [0.15, 0.2) is 0 Å². The molecule has 1 aliphatic rings. The van der Waals surface area contributed by atoms with Gasteiger partial charge in [-0.05, 0) is 31.7 Å². The molecule has 1 fully saturated rings. The summed E-state index contributed by atoms with van der Waals surface area (Å²) in [6.07, 6.45) is 7.10. The predicted molar refractivity (Wildman–Crippen MR) is 64.1 cm³/mol. The first-order valence-corrected chi connectivity index (χ1v) is 6.48. The summed E-state index contributed by atoms with van der Waals surface area (Å²) in [7, 11) is 0. The average Bonchev–Trinajstić information content (AvgIpc) is 2.63. The van der Waals surface area contributed by atoms with Crippen LogP contribution in [0.3, 0.4) is 0 Å². The summed E-state index contributed by atoms with van der Waals surface area (Å²) >= 11 is 0. The van der Waals surface area contributed by atoms with Crippen molar-refractivity contribution in [2.75, 3.05) is 6.54 Å². The molecule has 0 bridgehead atoms. The fourth-order valence-corrected chi connectivity index (χ4v) is 2.40. The zero-order chi connectivity index (χ0) is 11.4. The van der Waals surface area contributed by atoms with Gasteiger partial charge < -0.3 is 5.32 Å². The minimum absolute atomic E-state index is 0.459. The van der Waals surface area contributed by atoms with Gasteiger partial charge in [0.25, 0.3) is 0 Å². The predicted octanol–water partition coefficient (Wildman–Crippen LogP) is 2.14. The normalized spacial score (nSPS) is 18.4. The van der Waals surface area contributed by atoms with Crippen LogP contribution in [0.4, 0.5) is 0 Å². The third-order valence-corrected chi connectivity index (χ3v) is 3.45. The number of rotatable bonds is 6. The van der Waals surface area contributed by atoms with Crippen molar-refractivity contribution in [2.45, 2.75) is 52.1 Å². The molecule has 1 aromatic heterocycles. The van der Waals surface area contributed by atoms with Crippen LogP contribution in [0.5, 0.6) is 0 Å². The van der Waals surface area contributed by atoms with Crippen molar-refractivity contribution in [3.63, 3.8) is 0 Å². The van der Waals surface area contributed by atoms with E-state index in [4.69, 9.17) is 0 Å². The molecule has 1 atom stereocenters. The maximum atomic E-state index is 4.18. The summed E-state index contributed by atoms with van der Waals surface area (Å²) in [5.74, 6) is 0.786. The van der Waals surface area contributed by atoms with Gasteiger partial charge in [0, 0.05) is 6.54 Å². The van der Waals surface area contributed by atoms with Crippen molar-refractivity contribution in [1.82, 2.24) is 20.3 Å². The second-order valence-corrected chi connectivity index (χ2v) is 4.61. The Kier molecular flexibility index (Phi) is 3.93. The van der Waals surface area contributed by atoms with E-state index in [-0.39, 0.29) is 0 Å². The van der Waals surface area contributed by atoms with Crippen LogP contribution in [-0.2, 0) is 6.54 Å². The Hall–Kier alpha value is -0.900. The van der Waals surface area contributed by atoms with Crippen LogP contribution in [0.15, 0.2) is 6.20 Å². The van der Waals surface area contributed by atoms with E-state index in [1.807, 2.05) is 6.20 Å². The van der Waals surface area contributed by atoms with Gasteiger partial charge in [-0.3, -0.25) is 0 Å². The third-order valence-electron chi connectivity index (χ3n) is 3.45. The SMILES string of the molecule is CCCn1nncc1C(NCC)C1CCC1. The monoisotopic (exact) mass is 222 g/mol. The second-order valence-electron chi connectivity index (χ2n) is 4.61. The smallest absolute Gasteiger partial charge is 0.0759 e. The molecular weight excluding hydrogens is 200 g/mol. The molecule has 0 radical (unpaired) electrons. The molecule has 1 heterocycles. The Labute approximate surface area is 97.4 Å². The lowest BCUT2D eigenvalue weighted by Crippen LogP contribution is -2.33. The first-order valence-electron chi connectivity index (χ1n) is 6.48. The van der Waals surface area contributed by atoms with E-state index in [2.05, 4.69) is 34.2 Å². The third kappa shape index (κ3) is 2.26. The van der Waals surface area contributed by atoms with E-state index in [1.54, 1.807) is 0 Å². The minimum atomic E-state index is 0.459. The van der Waals surface area contributed by atoms with Crippen LogP contribution < -0.4 is 5.32 Å². The number of hydrogen-bond acceptors (Lipinski definition) is 3. The summed E-state index contributed by atoms with van der Waals surface area (Å²) in [5.41, 5.74) is 1.27. The first-order chi connectivity index (χ1) is 7.86. The number of aryl methyl sites for hydroxylation is 1. The van der Waals surface area contributed by atoms with Gasteiger partial charge in [0.1, 0.15) is 0 Å². The Morgan fingerprint density at radius 1 is 1.50 bits per heavy atom. The lowest BCUT2D eigenvalue weighted by Gasteiger charge is -2.34. The van der Waals surface area contributed by atoms with Gasteiger partial charge in [0.05, 0.1) is 17.9 Å². The molecule has 2 rings (SSSR count). The Balaban J connectivity index is 2.13. The molecule has 1 aliphatic carbocycles. The molecule has 1 unspecified atom stereocenters. The number of aromatic nitrogens is 3. The maximum Gasteiger partial charge on any atom is 0.0759 e. The van der Waals surface area contributed by atoms with Crippen molar-refractivity contribution >= 4 is 0 Å². The van der Waals surface area contributed by atoms with Crippen LogP contribution in [-0.4, -0.2) is 21.5 Å². The fraction of sp³-hybridized carbons (Fsp3) is 0.833. The largest absolute Gasteiger partial charge is 0.309 e. The molecule has 0 aromatic carbocycles. The highest BCUT2D eigenvalue weighted by Crippen LogP contribution is 2.37.